The molecule has 0 spiro atoms. The maximum atomic E-state index is 14.9. The molecule has 1 aromatic carbocycles. The third-order valence-corrected chi connectivity index (χ3v) is 15.6. The van der Waals surface area contributed by atoms with Crippen molar-refractivity contribution in [2.75, 3.05) is 32.6 Å². The first-order chi connectivity index (χ1) is 30.1. The number of benzene rings is 1. The van der Waals surface area contributed by atoms with Crippen LogP contribution in [0.3, 0.4) is 0 Å². The highest BCUT2D eigenvalue weighted by Gasteiger charge is 2.62. The molecule has 2 saturated heterocycles. The standard InChI is InChI=1S/C45H66N8O9S2/c1-26(2)46-43-49-35(25-63-43)34-21-37(31-18-17-29(61-9)19-33(31)47-34)62-30-20-36-39(54)51-45(41(56)57)22-28(45)15-13-11-10-12-14-16-32(40(55)53(36)23-30)48-42(58)50-38(44(5,6)7)24-52(8)64(59,60)27(3)4/h17-19,21,25-28,30,32,36,38H,10-16,20,22-24H2,1-9H3,(H,46,49)(H,51,54)(H,56,57)(H2,48,50,58)/t28?,30?,32-,36-,38+,45+/m0/s1. The van der Waals surface area contributed by atoms with Crippen LogP contribution in [0.1, 0.15) is 106 Å². The first kappa shape index (κ1) is 48.7. The number of pyridine rings is 1. The van der Waals surface area contributed by atoms with Gasteiger partial charge >= 0.3 is 12.0 Å². The molecule has 4 amide bonds. The number of thiazole rings is 1. The fourth-order valence-corrected chi connectivity index (χ4v) is 10.5. The van der Waals surface area contributed by atoms with Gasteiger partial charge in [-0.1, -0.05) is 52.9 Å². The second kappa shape index (κ2) is 19.8. The molecule has 2 unspecified atom stereocenters. The quantitative estimate of drug-likeness (QED) is 0.133. The molecule has 4 heterocycles. The Balaban J connectivity index is 1.32. The summed E-state index contributed by atoms with van der Waals surface area (Å²) < 4.78 is 39.5. The molecule has 0 radical (unpaired) electrons. The molecule has 6 atom stereocenters. The lowest BCUT2D eigenvalue weighted by molar-refractivity contribution is -0.145. The van der Waals surface area contributed by atoms with Gasteiger partial charge in [-0.25, -0.2) is 32.3 Å². The minimum Gasteiger partial charge on any atom is -0.497 e. The van der Waals surface area contributed by atoms with Gasteiger partial charge in [-0.15, -0.1) is 11.3 Å². The van der Waals surface area contributed by atoms with Crippen molar-refractivity contribution >= 4 is 61.2 Å². The van der Waals surface area contributed by atoms with Gasteiger partial charge in [0.2, 0.25) is 21.8 Å². The number of aromatic nitrogens is 2. The lowest BCUT2D eigenvalue weighted by atomic mass is 9.87. The highest BCUT2D eigenvalue weighted by atomic mass is 32.2. The predicted octanol–water partition coefficient (Wildman–Crippen LogP) is 5.99. The average Bonchev–Trinajstić information content (AvgIpc) is 3.48. The van der Waals surface area contributed by atoms with Crippen LogP contribution in [0, 0.1) is 11.3 Å². The van der Waals surface area contributed by atoms with Gasteiger partial charge in [0, 0.05) is 55.0 Å². The van der Waals surface area contributed by atoms with E-state index in [9.17, 15) is 32.7 Å². The number of aliphatic carboxylic acids is 1. The van der Waals surface area contributed by atoms with Crippen LogP contribution in [0.4, 0.5) is 9.93 Å². The summed E-state index contributed by atoms with van der Waals surface area (Å²) in [6.07, 6.45) is 4.52. The minimum absolute atomic E-state index is 0.00636. The van der Waals surface area contributed by atoms with E-state index in [1.165, 1.54) is 27.6 Å². The molecule has 19 heteroatoms. The highest BCUT2D eigenvalue weighted by Crippen LogP contribution is 2.48. The minimum atomic E-state index is -3.62. The molecular formula is C45H66N8O9S2. The average molecular weight is 927 g/mol. The topological polar surface area (TPSA) is 221 Å². The smallest absolute Gasteiger partial charge is 0.329 e. The fourth-order valence-electron chi connectivity index (χ4n) is 8.58. The first-order valence-corrected chi connectivity index (χ1v) is 24.8. The Bertz CT molecular complexity index is 2300. The van der Waals surface area contributed by atoms with E-state index in [-0.39, 0.29) is 37.9 Å². The van der Waals surface area contributed by atoms with Gasteiger partial charge in [0.25, 0.3) is 0 Å². The number of likely N-dealkylation sites (N-methyl/N-ethyl adjacent to an activating group) is 1. The van der Waals surface area contributed by atoms with E-state index < -0.39 is 74.3 Å². The van der Waals surface area contributed by atoms with Crippen molar-refractivity contribution in [3.63, 3.8) is 0 Å². The van der Waals surface area contributed by atoms with E-state index in [2.05, 4.69) is 21.3 Å². The van der Waals surface area contributed by atoms with Crippen LogP contribution in [0.25, 0.3) is 22.3 Å². The third-order valence-electron chi connectivity index (χ3n) is 12.6. The summed E-state index contributed by atoms with van der Waals surface area (Å²) in [5.41, 5.74) is -0.233. The number of carboxylic acids is 1. The van der Waals surface area contributed by atoms with Gasteiger partial charge in [-0.3, -0.25) is 9.59 Å². The van der Waals surface area contributed by atoms with Gasteiger partial charge in [-0.05, 0) is 70.4 Å². The molecule has 0 bridgehead atoms. The van der Waals surface area contributed by atoms with E-state index in [1.54, 1.807) is 39.2 Å². The largest absolute Gasteiger partial charge is 0.497 e. The normalized spacial score (nSPS) is 24.0. The van der Waals surface area contributed by atoms with Gasteiger partial charge in [-0.2, -0.15) is 0 Å². The number of carbonyl (C=O) groups is 4. The third kappa shape index (κ3) is 11.2. The molecule has 3 aromatic rings. The van der Waals surface area contributed by atoms with Crippen LogP contribution in [0.2, 0.25) is 0 Å². The zero-order valence-electron chi connectivity index (χ0n) is 38.5. The number of nitrogens with zero attached hydrogens (tertiary/aromatic N) is 4. The molecular weight excluding hydrogens is 861 g/mol. The van der Waals surface area contributed by atoms with Crippen molar-refractivity contribution in [1.29, 1.82) is 0 Å². The Morgan fingerprint density at radius 3 is 2.41 bits per heavy atom. The van der Waals surface area contributed by atoms with Crippen molar-refractivity contribution in [2.24, 2.45) is 11.3 Å². The molecule has 64 heavy (non-hydrogen) atoms. The number of anilines is 1. The number of methoxy groups -OCH3 is 1. The molecule has 6 rings (SSSR count). The molecule has 17 nitrogen and oxygen atoms in total. The summed E-state index contributed by atoms with van der Waals surface area (Å²) in [6, 6.07) is 3.94. The molecule has 1 aliphatic carbocycles. The number of rotatable bonds is 13. The highest BCUT2D eigenvalue weighted by molar-refractivity contribution is 7.89. The number of carboxylic acid groups (broad SMARTS) is 1. The second-order valence-corrected chi connectivity index (χ2v) is 22.6. The molecule has 5 N–H and O–H groups in total. The predicted molar refractivity (Wildman–Crippen MR) is 247 cm³/mol. The Morgan fingerprint density at radius 1 is 1.05 bits per heavy atom. The zero-order valence-corrected chi connectivity index (χ0v) is 40.2. The van der Waals surface area contributed by atoms with Crippen LogP contribution >= 0.6 is 11.3 Å². The van der Waals surface area contributed by atoms with Crippen molar-refractivity contribution in [1.82, 2.24) is 35.1 Å². The number of amides is 4. The summed E-state index contributed by atoms with van der Waals surface area (Å²) in [5.74, 6) is -1.38. The van der Waals surface area contributed by atoms with Crippen LogP contribution in [-0.4, -0.2) is 125 Å². The zero-order chi connectivity index (χ0) is 46.7. The number of nitrogens with one attached hydrogen (secondary N) is 4. The Kier molecular flexibility index (Phi) is 15.0. The summed E-state index contributed by atoms with van der Waals surface area (Å²) >= 11 is 1.45. The number of hydrogen-bond acceptors (Lipinski definition) is 12. The van der Waals surface area contributed by atoms with E-state index in [0.29, 0.717) is 53.1 Å². The lowest BCUT2D eigenvalue weighted by Crippen LogP contribution is -2.59. The number of sulfonamides is 1. The molecule has 2 aliphatic heterocycles. The Hall–Kier alpha value is -4.75. The number of hydrogen-bond donors (Lipinski definition) is 5. The van der Waals surface area contributed by atoms with Gasteiger partial charge in [0.05, 0.1) is 30.1 Å². The van der Waals surface area contributed by atoms with Crippen LogP contribution in [0.15, 0.2) is 29.6 Å². The van der Waals surface area contributed by atoms with E-state index in [0.717, 1.165) is 30.8 Å². The lowest BCUT2D eigenvalue weighted by Gasteiger charge is -2.35. The molecule has 3 fully saturated rings. The summed E-state index contributed by atoms with van der Waals surface area (Å²) in [7, 11) is -0.569. The van der Waals surface area contributed by atoms with E-state index in [1.807, 2.05) is 46.1 Å². The van der Waals surface area contributed by atoms with Gasteiger partial charge in [0.1, 0.15) is 40.9 Å². The Morgan fingerprint density at radius 2 is 1.75 bits per heavy atom. The fraction of sp³-hybridized carbons (Fsp3) is 0.644. The van der Waals surface area contributed by atoms with Crippen LogP contribution in [-0.2, 0) is 24.4 Å². The summed E-state index contributed by atoms with van der Waals surface area (Å²) in [4.78, 5) is 67.1. The van der Waals surface area contributed by atoms with E-state index in [4.69, 9.17) is 19.4 Å². The maximum Gasteiger partial charge on any atom is 0.329 e. The molecule has 1 saturated carbocycles. The monoisotopic (exact) mass is 926 g/mol. The van der Waals surface area contributed by atoms with Crippen molar-refractivity contribution < 1.29 is 42.2 Å². The molecule has 2 aromatic heterocycles. The van der Waals surface area contributed by atoms with Crippen molar-refractivity contribution in [2.45, 2.75) is 147 Å². The number of fused-ring (bicyclic) bond motifs is 3. The van der Waals surface area contributed by atoms with Gasteiger partial charge < -0.3 is 40.7 Å². The van der Waals surface area contributed by atoms with E-state index >= 15 is 0 Å². The maximum absolute atomic E-state index is 14.9. The summed E-state index contributed by atoms with van der Waals surface area (Å²) in [5, 5.41) is 25.1. The van der Waals surface area contributed by atoms with Crippen molar-refractivity contribution in [3.05, 3.63) is 29.6 Å². The van der Waals surface area contributed by atoms with Crippen LogP contribution in [0.5, 0.6) is 11.5 Å². The molecule has 3 aliphatic rings. The molecule has 352 valence electrons. The number of urea groups is 1. The number of carbonyl (C=O) groups excluding carboxylic acids is 3. The van der Waals surface area contributed by atoms with Crippen LogP contribution < -0.4 is 30.7 Å². The number of ether oxygens (including phenoxy) is 2. The van der Waals surface area contributed by atoms with Crippen molar-refractivity contribution in [3.8, 4) is 22.9 Å². The second-order valence-electron chi connectivity index (χ2n) is 19.2. The first-order valence-electron chi connectivity index (χ1n) is 22.4. The summed E-state index contributed by atoms with van der Waals surface area (Å²) in [6.45, 7) is 12.9. The van der Waals surface area contributed by atoms with Gasteiger partial charge in [0.15, 0.2) is 5.13 Å². The SMILES string of the molecule is COc1ccc2c(OC3C[C@H]4C(=O)N[C@]5(C(=O)O)CC5CCCCCCC[C@H](NC(=O)N[C@H](CN(C)S(=O)(=O)C(C)C)C(C)(C)C)C(=O)N4C3)cc(-c3csc(NC(C)C)n3)nc2c1. The Labute approximate surface area is 380 Å².